The molecule has 1 aliphatic rings. The molecule has 1 saturated heterocycles. The van der Waals surface area contributed by atoms with Crippen LogP contribution < -0.4 is 5.32 Å². The van der Waals surface area contributed by atoms with Crippen LogP contribution in [0.15, 0.2) is 5.38 Å². The Kier molecular flexibility index (Phi) is 3.15. The van der Waals surface area contributed by atoms with Crippen molar-refractivity contribution in [3.8, 4) is 0 Å². The van der Waals surface area contributed by atoms with Crippen LogP contribution in [0.3, 0.4) is 0 Å². The summed E-state index contributed by atoms with van der Waals surface area (Å²) in [4.78, 5) is 6.88. The first-order chi connectivity index (χ1) is 6.75. The molecule has 0 amide bonds. The van der Waals surface area contributed by atoms with E-state index in [1.807, 2.05) is 0 Å². The molecule has 0 aliphatic carbocycles. The van der Waals surface area contributed by atoms with Crippen molar-refractivity contribution in [3.05, 3.63) is 16.1 Å². The molecule has 3 nitrogen and oxygen atoms in total. The molecule has 1 N–H and O–H groups in total. The number of rotatable bonds is 3. The number of nitrogens with zero attached hydrogens (tertiary/aromatic N) is 2. The van der Waals surface area contributed by atoms with Crippen LogP contribution in [0, 0.1) is 6.92 Å². The summed E-state index contributed by atoms with van der Waals surface area (Å²) in [6, 6.07) is 0.692. The van der Waals surface area contributed by atoms with E-state index in [1.54, 1.807) is 11.3 Å². The van der Waals surface area contributed by atoms with Crippen LogP contribution in [-0.2, 0) is 6.54 Å². The highest BCUT2D eigenvalue weighted by Gasteiger charge is 2.19. The molecule has 1 aromatic heterocycles. The van der Waals surface area contributed by atoms with E-state index in [0.717, 1.165) is 24.6 Å². The third-order valence-electron chi connectivity index (χ3n) is 2.74. The monoisotopic (exact) mass is 211 g/mol. The average molecular weight is 211 g/mol. The van der Waals surface area contributed by atoms with Crippen LogP contribution in [0.2, 0.25) is 0 Å². The molecule has 0 saturated carbocycles. The fraction of sp³-hybridized carbons (Fsp3) is 0.700. The Balaban J connectivity index is 1.90. The van der Waals surface area contributed by atoms with Crippen LogP contribution in [-0.4, -0.2) is 36.1 Å². The van der Waals surface area contributed by atoms with Crippen LogP contribution >= 0.6 is 11.3 Å². The molecule has 4 heteroatoms. The van der Waals surface area contributed by atoms with Gasteiger partial charge >= 0.3 is 0 Å². The van der Waals surface area contributed by atoms with E-state index in [9.17, 15) is 0 Å². The van der Waals surface area contributed by atoms with Crippen LogP contribution in [0.5, 0.6) is 0 Å². The maximum atomic E-state index is 4.48. The van der Waals surface area contributed by atoms with Gasteiger partial charge in [0.2, 0.25) is 0 Å². The maximum Gasteiger partial charge on any atom is 0.0897 e. The lowest BCUT2D eigenvalue weighted by atomic mass is 10.2. The highest BCUT2D eigenvalue weighted by molar-refractivity contribution is 7.09. The van der Waals surface area contributed by atoms with Crippen molar-refractivity contribution in [3.63, 3.8) is 0 Å². The predicted molar refractivity (Wildman–Crippen MR) is 59.6 cm³/mol. The summed E-state index contributed by atoms with van der Waals surface area (Å²) in [7, 11) is 2.19. The molecule has 1 aliphatic heterocycles. The van der Waals surface area contributed by atoms with E-state index >= 15 is 0 Å². The molecule has 1 aromatic rings. The summed E-state index contributed by atoms with van der Waals surface area (Å²) >= 11 is 1.74. The molecule has 1 fully saturated rings. The summed E-state index contributed by atoms with van der Waals surface area (Å²) in [5.74, 6) is 0. The normalized spacial score (nSPS) is 22.1. The first-order valence-corrected chi connectivity index (χ1v) is 5.95. The third-order valence-corrected chi connectivity index (χ3v) is 3.56. The molecule has 1 atom stereocenters. The topological polar surface area (TPSA) is 28.2 Å². The van der Waals surface area contributed by atoms with Gasteiger partial charge < -0.3 is 5.32 Å². The van der Waals surface area contributed by atoms with Gasteiger partial charge in [-0.2, -0.15) is 0 Å². The summed E-state index contributed by atoms with van der Waals surface area (Å²) in [6.07, 6.45) is 1.26. The lowest BCUT2D eigenvalue weighted by molar-refractivity contribution is 0.246. The van der Waals surface area contributed by atoms with Crippen molar-refractivity contribution < 1.29 is 0 Å². The summed E-state index contributed by atoms with van der Waals surface area (Å²) < 4.78 is 0. The molecule has 78 valence electrons. The Morgan fingerprint density at radius 1 is 1.71 bits per heavy atom. The average Bonchev–Trinajstić information content (AvgIpc) is 2.75. The Morgan fingerprint density at radius 3 is 3.14 bits per heavy atom. The third kappa shape index (κ3) is 2.32. The zero-order valence-electron chi connectivity index (χ0n) is 8.79. The largest absolute Gasteiger partial charge is 0.315 e. The molecule has 0 spiro atoms. The van der Waals surface area contributed by atoms with E-state index in [1.165, 1.54) is 12.1 Å². The molecular formula is C10H17N3S. The lowest BCUT2D eigenvalue weighted by Gasteiger charge is -2.22. The van der Waals surface area contributed by atoms with E-state index in [2.05, 4.69) is 34.6 Å². The fourth-order valence-corrected chi connectivity index (χ4v) is 2.48. The number of nitrogens with one attached hydrogen (secondary N) is 1. The van der Waals surface area contributed by atoms with Crippen molar-refractivity contribution in [1.29, 1.82) is 0 Å². The zero-order valence-corrected chi connectivity index (χ0v) is 9.60. The molecule has 0 bridgehead atoms. The van der Waals surface area contributed by atoms with Gasteiger partial charge in [-0.3, -0.25) is 4.90 Å². The molecule has 14 heavy (non-hydrogen) atoms. The van der Waals surface area contributed by atoms with Gasteiger partial charge in [-0.15, -0.1) is 11.3 Å². The quantitative estimate of drug-likeness (QED) is 0.815. The van der Waals surface area contributed by atoms with Gasteiger partial charge in [0.25, 0.3) is 0 Å². The van der Waals surface area contributed by atoms with Crippen molar-refractivity contribution >= 4 is 11.3 Å². The fourth-order valence-electron chi connectivity index (χ4n) is 1.88. The Hall–Kier alpha value is -0.450. The van der Waals surface area contributed by atoms with Gasteiger partial charge in [-0.25, -0.2) is 4.98 Å². The number of hydrogen-bond donors (Lipinski definition) is 1. The minimum atomic E-state index is 0.692. The number of aromatic nitrogens is 1. The van der Waals surface area contributed by atoms with Gasteiger partial charge in [0, 0.05) is 24.5 Å². The summed E-state index contributed by atoms with van der Waals surface area (Å²) in [5, 5.41) is 6.71. The minimum absolute atomic E-state index is 0.692. The lowest BCUT2D eigenvalue weighted by Crippen LogP contribution is -2.32. The number of hydrogen-bond acceptors (Lipinski definition) is 4. The maximum absolute atomic E-state index is 4.48. The van der Waals surface area contributed by atoms with Crippen molar-refractivity contribution in [2.24, 2.45) is 0 Å². The van der Waals surface area contributed by atoms with E-state index in [-0.39, 0.29) is 0 Å². The van der Waals surface area contributed by atoms with Crippen molar-refractivity contribution in [2.75, 3.05) is 20.1 Å². The zero-order chi connectivity index (χ0) is 9.97. The highest BCUT2D eigenvalue weighted by Crippen LogP contribution is 2.13. The predicted octanol–water partition coefficient (Wildman–Crippen LogP) is 1.25. The van der Waals surface area contributed by atoms with Gasteiger partial charge in [0.1, 0.15) is 0 Å². The second-order valence-corrected chi connectivity index (χ2v) is 4.98. The van der Waals surface area contributed by atoms with Gasteiger partial charge in [0.05, 0.1) is 10.7 Å². The van der Waals surface area contributed by atoms with E-state index < -0.39 is 0 Å². The minimum Gasteiger partial charge on any atom is -0.315 e. The number of aryl methyl sites for hydroxylation is 1. The molecule has 0 radical (unpaired) electrons. The second kappa shape index (κ2) is 4.38. The smallest absolute Gasteiger partial charge is 0.0897 e. The summed E-state index contributed by atoms with van der Waals surface area (Å²) in [5.41, 5.74) is 1.21. The Morgan fingerprint density at radius 2 is 2.57 bits per heavy atom. The molecular weight excluding hydrogens is 194 g/mol. The molecule has 0 aromatic carbocycles. The standard InChI is InChI=1S/C10H17N3S/c1-8-12-9(7-14-8)6-13(2)10-3-4-11-5-10/h7,10-11H,3-6H2,1-2H3. The van der Waals surface area contributed by atoms with Crippen LogP contribution in [0.25, 0.3) is 0 Å². The molecule has 2 rings (SSSR count). The summed E-state index contributed by atoms with van der Waals surface area (Å²) in [6.45, 7) is 5.33. The molecule has 1 unspecified atom stereocenters. The number of thiazole rings is 1. The highest BCUT2D eigenvalue weighted by atomic mass is 32.1. The molecule has 2 heterocycles. The first-order valence-electron chi connectivity index (χ1n) is 5.07. The Bertz CT molecular complexity index is 291. The van der Waals surface area contributed by atoms with Crippen LogP contribution in [0.1, 0.15) is 17.1 Å². The van der Waals surface area contributed by atoms with Crippen molar-refractivity contribution in [2.45, 2.75) is 25.9 Å². The number of likely N-dealkylation sites (N-methyl/N-ethyl adjacent to an activating group) is 1. The van der Waals surface area contributed by atoms with Crippen molar-refractivity contribution in [1.82, 2.24) is 15.2 Å². The van der Waals surface area contributed by atoms with Gasteiger partial charge in [-0.05, 0) is 26.9 Å². The van der Waals surface area contributed by atoms with Gasteiger partial charge in [-0.1, -0.05) is 0 Å². The first kappa shape index (κ1) is 10.1. The van der Waals surface area contributed by atoms with E-state index in [0.29, 0.717) is 6.04 Å². The van der Waals surface area contributed by atoms with E-state index in [4.69, 9.17) is 0 Å². The van der Waals surface area contributed by atoms with Gasteiger partial charge in [0.15, 0.2) is 0 Å². The SMILES string of the molecule is Cc1nc(CN(C)C2CCNC2)cs1. The second-order valence-electron chi connectivity index (χ2n) is 3.92. The van der Waals surface area contributed by atoms with Crippen LogP contribution in [0.4, 0.5) is 0 Å². The Labute approximate surface area is 89.1 Å².